The normalized spacial score (nSPS) is 15.9. The van der Waals surface area contributed by atoms with Gasteiger partial charge in [-0.1, -0.05) is 12.1 Å². The quantitative estimate of drug-likeness (QED) is 0.859. The molecule has 1 aromatic carbocycles. The van der Waals surface area contributed by atoms with E-state index in [-0.39, 0.29) is 17.7 Å². The zero-order valence-electron chi connectivity index (χ0n) is 14.1. The molecule has 1 unspecified atom stereocenters. The Bertz CT molecular complexity index is 854. The van der Waals surface area contributed by atoms with Crippen molar-refractivity contribution in [3.8, 4) is 6.07 Å². The molecule has 26 heavy (non-hydrogen) atoms. The molecule has 1 fully saturated rings. The number of para-hydroxylation sites is 1. The number of nitriles is 1. The predicted molar refractivity (Wildman–Crippen MR) is 94.7 cm³/mol. The van der Waals surface area contributed by atoms with Gasteiger partial charge in [0.2, 0.25) is 0 Å². The number of nitrogens with one attached hydrogen (secondary N) is 2. The SMILES string of the molecule is N#Cc1ccccc1NC(=O)c1cc(C(=O)NCC2CCCO2)ccn1. The Morgan fingerprint density at radius 2 is 2.12 bits per heavy atom. The smallest absolute Gasteiger partial charge is 0.274 e. The fourth-order valence-corrected chi connectivity index (χ4v) is 2.69. The maximum atomic E-state index is 12.4. The van der Waals surface area contributed by atoms with Gasteiger partial charge in [-0.05, 0) is 37.1 Å². The van der Waals surface area contributed by atoms with Crippen LogP contribution in [0.25, 0.3) is 0 Å². The van der Waals surface area contributed by atoms with E-state index in [4.69, 9.17) is 10.00 Å². The lowest BCUT2D eigenvalue weighted by molar-refractivity contribution is 0.0857. The van der Waals surface area contributed by atoms with E-state index >= 15 is 0 Å². The van der Waals surface area contributed by atoms with E-state index < -0.39 is 5.91 Å². The van der Waals surface area contributed by atoms with Crippen LogP contribution in [0.2, 0.25) is 0 Å². The van der Waals surface area contributed by atoms with Gasteiger partial charge in [0.1, 0.15) is 11.8 Å². The van der Waals surface area contributed by atoms with Crippen molar-refractivity contribution in [3.05, 3.63) is 59.4 Å². The van der Waals surface area contributed by atoms with Gasteiger partial charge in [0.15, 0.2) is 0 Å². The van der Waals surface area contributed by atoms with E-state index in [1.807, 2.05) is 6.07 Å². The van der Waals surface area contributed by atoms with E-state index in [1.54, 1.807) is 30.3 Å². The topological polar surface area (TPSA) is 104 Å². The molecule has 7 nitrogen and oxygen atoms in total. The molecule has 1 aliphatic heterocycles. The number of pyridine rings is 1. The van der Waals surface area contributed by atoms with Crippen LogP contribution in [0.3, 0.4) is 0 Å². The first-order valence-corrected chi connectivity index (χ1v) is 8.33. The maximum Gasteiger partial charge on any atom is 0.274 e. The van der Waals surface area contributed by atoms with Crippen molar-refractivity contribution in [1.29, 1.82) is 5.26 Å². The number of carbonyl (C=O) groups is 2. The molecular weight excluding hydrogens is 332 g/mol. The minimum absolute atomic E-state index is 0.0473. The van der Waals surface area contributed by atoms with Crippen LogP contribution in [0, 0.1) is 11.3 Å². The molecule has 2 N–H and O–H groups in total. The Morgan fingerprint density at radius 1 is 1.27 bits per heavy atom. The Morgan fingerprint density at radius 3 is 2.88 bits per heavy atom. The summed E-state index contributed by atoms with van der Waals surface area (Å²) < 4.78 is 5.47. The van der Waals surface area contributed by atoms with E-state index in [2.05, 4.69) is 15.6 Å². The molecule has 132 valence electrons. The minimum atomic E-state index is -0.485. The summed E-state index contributed by atoms with van der Waals surface area (Å²) >= 11 is 0. The van der Waals surface area contributed by atoms with Crippen LogP contribution in [-0.2, 0) is 4.74 Å². The minimum Gasteiger partial charge on any atom is -0.376 e. The second kappa shape index (κ2) is 8.23. The number of anilines is 1. The lowest BCUT2D eigenvalue weighted by atomic mass is 10.1. The molecule has 0 saturated carbocycles. The van der Waals surface area contributed by atoms with Gasteiger partial charge in [-0.3, -0.25) is 14.6 Å². The summed E-state index contributed by atoms with van der Waals surface area (Å²) in [5.41, 5.74) is 1.19. The van der Waals surface area contributed by atoms with Crippen molar-refractivity contribution in [2.75, 3.05) is 18.5 Å². The fourth-order valence-electron chi connectivity index (χ4n) is 2.69. The molecule has 0 bridgehead atoms. The Hall–Kier alpha value is -3.24. The highest BCUT2D eigenvalue weighted by atomic mass is 16.5. The standard InChI is InChI=1S/C19H18N4O3/c20-11-14-4-1-2-6-16(14)23-19(25)17-10-13(7-8-21-17)18(24)22-12-15-5-3-9-26-15/h1-2,4,6-8,10,15H,3,5,9,12H2,(H,22,24)(H,23,25). The van der Waals surface area contributed by atoms with Gasteiger partial charge in [-0.15, -0.1) is 0 Å². The zero-order chi connectivity index (χ0) is 18.4. The third-order valence-corrected chi connectivity index (χ3v) is 4.06. The Balaban J connectivity index is 1.67. The van der Waals surface area contributed by atoms with Crippen LogP contribution < -0.4 is 10.6 Å². The van der Waals surface area contributed by atoms with E-state index in [9.17, 15) is 9.59 Å². The van der Waals surface area contributed by atoms with Crippen molar-refractivity contribution in [1.82, 2.24) is 10.3 Å². The highest BCUT2D eigenvalue weighted by Crippen LogP contribution is 2.15. The largest absolute Gasteiger partial charge is 0.376 e. The number of benzene rings is 1. The first-order valence-electron chi connectivity index (χ1n) is 8.33. The molecule has 0 spiro atoms. The molecule has 1 aliphatic rings. The number of carbonyl (C=O) groups excluding carboxylic acids is 2. The second-order valence-corrected chi connectivity index (χ2v) is 5.89. The lowest BCUT2D eigenvalue weighted by Gasteiger charge is -2.11. The predicted octanol–water partition coefficient (Wildman–Crippen LogP) is 2.11. The van der Waals surface area contributed by atoms with Gasteiger partial charge < -0.3 is 15.4 Å². The lowest BCUT2D eigenvalue weighted by Crippen LogP contribution is -2.32. The number of aromatic nitrogens is 1. The van der Waals surface area contributed by atoms with Gasteiger partial charge in [-0.2, -0.15) is 5.26 Å². The molecule has 0 aliphatic carbocycles. The first-order chi connectivity index (χ1) is 12.7. The molecule has 2 aromatic rings. The summed E-state index contributed by atoms with van der Waals surface area (Å²) in [5.74, 6) is -0.768. The van der Waals surface area contributed by atoms with Gasteiger partial charge in [-0.25, -0.2) is 0 Å². The van der Waals surface area contributed by atoms with Gasteiger partial charge in [0.25, 0.3) is 11.8 Å². The van der Waals surface area contributed by atoms with Gasteiger partial charge in [0.05, 0.1) is 17.4 Å². The van der Waals surface area contributed by atoms with Crippen LogP contribution in [0.5, 0.6) is 0 Å². The Kier molecular flexibility index (Phi) is 5.56. The molecule has 2 amide bonds. The average molecular weight is 350 g/mol. The molecule has 1 atom stereocenters. The van der Waals surface area contributed by atoms with Crippen LogP contribution in [-0.4, -0.2) is 36.1 Å². The molecular formula is C19H18N4O3. The van der Waals surface area contributed by atoms with Gasteiger partial charge in [0, 0.05) is 24.9 Å². The highest BCUT2D eigenvalue weighted by Gasteiger charge is 2.18. The molecule has 1 saturated heterocycles. The number of ether oxygens (including phenoxy) is 1. The molecule has 3 rings (SSSR count). The number of amides is 2. The van der Waals surface area contributed by atoms with Crippen LogP contribution in [0.1, 0.15) is 39.3 Å². The number of rotatable bonds is 5. The number of hydrogen-bond donors (Lipinski definition) is 2. The first kappa shape index (κ1) is 17.6. The summed E-state index contributed by atoms with van der Waals surface area (Å²) in [6.45, 7) is 1.17. The third kappa shape index (κ3) is 4.23. The van der Waals surface area contributed by atoms with Crippen molar-refractivity contribution in [3.63, 3.8) is 0 Å². The van der Waals surface area contributed by atoms with Crippen LogP contribution in [0.15, 0.2) is 42.6 Å². The molecule has 0 radical (unpaired) electrons. The summed E-state index contributed by atoms with van der Waals surface area (Å²) in [4.78, 5) is 28.7. The van der Waals surface area contributed by atoms with E-state index in [0.29, 0.717) is 23.4 Å². The van der Waals surface area contributed by atoms with Crippen LogP contribution >= 0.6 is 0 Å². The highest BCUT2D eigenvalue weighted by molar-refractivity contribution is 6.05. The van der Waals surface area contributed by atoms with E-state index in [1.165, 1.54) is 12.3 Å². The summed E-state index contributed by atoms with van der Waals surface area (Å²) in [6, 6.07) is 11.7. The van der Waals surface area contributed by atoms with Gasteiger partial charge >= 0.3 is 0 Å². The third-order valence-electron chi connectivity index (χ3n) is 4.06. The summed E-state index contributed by atoms with van der Waals surface area (Å²) in [6.07, 6.45) is 3.39. The zero-order valence-corrected chi connectivity index (χ0v) is 14.1. The van der Waals surface area contributed by atoms with Crippen molar-refractivity contribution >= 4 is 17.5 Å². The Labute approximate surface area is 151 Å². The molecule has 7 heteroatoms. The molecule has 1 aromatic heterocycles. The second-order valence-electron chi connectivity index (χ2n) is 5.89. The fraction of sp³-hybridized carbons (Fsp3) is 0.263. The maximum absolute atomic E-state index is 12.4. The average Bonchev–Trinajstić information content (AvgIpc) is 3.20. The van der Waals surface area contributed by atoms with Crippen molar-refractivity contribution < 1.29 is 14.3 Å². The van der Waals surface area contributed by atoms with E-state index in [0.717, 1.165) is 19.4 Å². The van der Waals surface area contributed by atoms with Crippen molar-refractivity contribution in [2.45, 2.75) is 18.9 Å². The number of nitrogens with zero attached hydrogens (tertiary/aromatic N) is 2. The van der Waals surface area contributed by atoms with Crippen molar-refractivity contribution in [2.24, 2.45) is 0 Å². The monoisotopic (exact) mass is 350 g/mol. The summed E-state index contributed by atoms with van der Waals surface area (Å²) in [5, 5.41) is 14.5. The van der Waals surface area contributed by atoms with Crippen LogP contribution in [0.4, 0.5) is 5.69 Å². The summed E-state index contributed by atoms with van der Waals surface area (Å²) in [7, 11) is 0. The number of hydrogen-bond acceptors (Lipinski definition) is 5. The molecule has 2 heterocycles.